The van der Waals surface area contributed by atoms with Crippen molar-refractivity contribution in [3.63, 3.8) is 0 Å². The Balaban J connectivity index is 1.55. The molecule has 7 nitrogen and oxygen atoms in total. The van der Waals surface area contributed by atoms with Gasteiger partial charge < -0.3 is 20.1 Å². The number of amides is 2. The van der Waals surface area contributed by atoms with Gasteiger partial charge in [-0.2, -0.15) is 0 Å². The predicted octanol–water partition coefficient (Wildman–Crippen LogP) is 3.02. The number of rotatable bonds is 8. The largest absolute Gasteiger partial charge is 0.480 e. The van der Waals surface area contributed by atoms with Crippen LogP contribution in [0.1, 0.15) is 24.0 Å². The normalized spacial score (nSPS) is 12.3. The summed E-state index contributed by atoms with van der Waals surface area (Å²) in [4.78, 5) is 36.5. The second-order valence-corrected chi connectivity index (χ2v) is 7.35. The van der Waals surface area contributed by atoms with Gasteiger partial charge in [0.15, 0.2) is 0 Å². The lowest BCUT2D eigenvalue weighted by molar-refractivity contribution is -0.142. The first-order valence-corrected chi connectivity index (χ1v) is 10.1. The van der Waals surface area contributed by atoms with Gasteiger partial charge in [0.2, 0.25) is 0 Å². The van der Waals surface area contributed by atoms with Crippen molar-refractivity contribution < 1.29 is 24.2 Å². The summed E-state index contributed by atoms with van der Waals surface area (Å²) < 4.78 is 5.44. The summed E-state index contributed by atoms with van der Waals surface area (Å²) >= 11 is 0. The van der Waals surface area contributed by atoms with Gasteiger partial charge in [-0.25, -0.2) is 4.79 Å². The summed E-state index contributed by atoms with van der Waals surface area (Å²) in [7, 11) is 0. The molecule has 0 fully saturated rings. The molecule has 0 bridgehead atoms. The molecule has 0 radical (unpaired) electrons. The fourth-order valence-corrected chi connectivity index (χ4v) is 3.75. The van der Waals surface area contributed by atoms with Gasteiger partial charge in [0.05, 0.1) is 6.54 Å². The highest BCUT2D eigenvalue weighted by molar-refractivity contribution is 5.94. The van der Waals surface area contributed by atoms with E-state index in [-0.39, 0.29) is 31.2 Å². The molecule has 0 aliphatic heterocycles. The summed E-state index contributed by atoms with van der Waals surface area (Å²) in [6.45, 7) is 1.18. The van der Waals surface area contributed by atoms with Crippen LogP contribution >= 0.6 is 0 Å². The molecule has 0 unspecified atom stereocenters. The van der Waals surface area contributed by atoms with Crippen LogP contribution in [0, 0.1) is 12.3 Å². The van der Waals surface area contributed by atoms with Gasteiger partial charge in [0.25, 0.3) is 5.91 Å². The minimum Gasteiger partial charge on any atom is -0.480 e. The topological polar surface area (TPSA) is 95.9 Å². The van der Waals surface area contributed by atoms with Crippen LogP contribution in [0.5, 0.6) is 0 Å². The highest BCUT2D eigenvalue weighted by atomic mass is 16.5. The van der Waals surface area contributed by atoms with E-state index in [0.717, 1.165) is 27.2 Å². The van der Waals surface area contributed by atoms with E-state index in [1.165, 1.54) is 13.0 Å². The number of carbonyl (C=O) groups excluding carboxylic acids is 2. The van der Waals surface area contributed by atoms with Crippen molar-refractivity contribution >= 4 is 18.0 Å². The van der Waals surface area contributed by atoms with E-state index < -0.39 is 24.5 Å². The van der Waals surface area contributed by atoms with E-state index in [4.69, 9.17) is 16.3 Å². The first-order chi connectivity index (χ1) is 15.4. The number of aliphatic carboxylic acids is 1. The third-order valence-electron chi connectivity index (χ3n) is 5.23. The zero-order valence-electron chi connectivity index (χ0n) is 17.7. The summed E-state index contributed by atoms with van der Waals surface area (Å²) in [5, 5.41) is 11.5. The molecule has 0 aromatic heterocycles. The number of fused-ring (bicyclic) bond motifs is 3. The van der Waals surface area contributed by atoms with Crippen LogP contribution in [0.4, 0.5) is 4.79 Å². The Hall–Kier alpha value is -4.05. The molecule has 2 aromatic rings. The molecule has 0 saturated carbocycles. The molecule has 2 amide bonds. The highest BCUT2D eigenvalue weighted by Gasteiger charge is 2.28. The van der Waals surface area contributed by atoms with Crippen LogP contribution in [0.3, 0.4) is 0 Å². The molecule has 2 aromatic carbocycles. The van der Waals surface area contributed by atoms with Crippen LogP contribution in [0.2, 0.25) is 0 Å². The molecule has 3 rings (SSSR count). The summed E-state index contributed by atoms with van der Waals surface area (Å²) in [5.41, 5.74) is 4.81. The molecule has 0 spiro atoms. The SMILES string of the molecule is C#CCN(CC(=O)O)C(=O)/C(C)=C/CNC(=O)OCC1c2ccccc2-c2ccccc21. The smallest absolute Gasteiger partial charge is 0.407 e. The lowest BCUT2D eigenvalue weighted by Gasteiger charge is -2.18. The second-order valence-electron chi connectivity index (χ2n) is 7.35. The number of alkyl carbamates (subject to hydrolysis) is 1. The zero-order chi connectivity index (χ0) is 23.1. The predicted molar refractivity (Wildman–Crippen MR) is 120 cm³/mol. The van der Waals surface area contributed by atoms with Crippen LogP contribution < -0.4 is 5.32 Å². The van der Waals surface area contributed by atoms with E-state index in [0.29, 0.717) is 0 Å². The Morgan fingerprint density at radius 1 is 1.12 bits per heavy atom. The molecule has 32 heavy (non-hydrogen) atoms. The number of benzene rings is 2. The van der Waals surface area contributed by atoms with Crippen LogP contribution in [0.25, 0.3) is 11.1 Å². The summed E-state index contributed by atoms with van der Waals surface area (Å²) in [5.74, 6) is 0.570. The van der Waals surface area contributed by atoms with E-state index in [1.54, 1.807) is 0 Å². The van der Waals surface area contributed by atoms with Gasteiger partial charge in [0, 0.05) is 18.0 Å². The molecule has 0 atom stereocenters. The molecule has 2 N–H and O–H groups in total. The Kier molecular flexibility index (Phi) is 7.29. The quantitative estimate of drug-likeness (QED) is 0.494. The van der Waals surface area contributed by atoms with Gasteiger partial charge in [-0.3, -0.25) is 9.59 Å². The zero-order valence-corrected chi connectivity index (χ0v) is 17.7. The second kappa shape index (κ2) is 10.3. The van der Waals surface area contributed by atoms with Crippen LogP contribution in [0.15, 0.2) is 60.2 Å². The minimum atomic E-state index is -1.15. The summed E-state index contributed by atoms with van der Waals surface area (Å²) in [6.07, 6.45) is 6.09. The molecule has 7 heteroatoms. The third-order valence-corrected chi connectivity index (χ3v) is 5.23. The molecule has 0 saturated heterocycles. The molecule has 0 heterocycles. The van der Waals surface area contributed by atoms with Crippen molar-refractivity contribution in [3.8, 4) is 23.5 Å². The average molecular weight is 432 g/mol. The van der Waals surface area contributed by atoms with Crippen molar-refractivity contribution in [2.45, 2.75) is 12.8 Å². The standard InChI is InChI=1S/C25H24N2O5/c1-3-14-27(15-23(28)29)24(30)17(2)12-13-26-25(31)32-16-22-20-10-6-4-8-18(20)19-9-5-7-11-21(19)22/h1,4-12,22H,13-16H2,2H3,(H,26,31)(H,28,29)/b17-12+. The molecule has 1 aliphatic carbocycles. The molecule has 1 aliphatic rings. The maximum absolute atomic E-state index is 12.3. The summed E-state index contributed by atoms with van der Waals surface area (Å²) in [6, 6.07) is 16.1. The number of nitrogens with one attached hydrogen (secondary N) is 1. The average Bonchev–Trinajstić information content (AvgIpc) is 3.10. The number of carboxylic acid groups (broad SMARTS) is 1. The number of terminal acetylenes is 1. The lowest BCUT2D eigenvalue weighted by atomic mass is 9.98. The first kappa shape index (κ1) is 22.6. The maximum atomic E-state index is 12.3. The Morgan fingerprint density at radius 2 is 1.72 bits per heavy atom. The van der Waals surface area contributed by atoms with E-state index >= 15 is 0 Å². The molecule has 164 valence electrons. The number of hydrogen-bond acceptors (Lipinski definition) is 4. The molecular weight excluding hydrogens is 408 g/mol. The Labute approximate surface area is 186 Å². The fraction of sp³-hybridized carbons (Fsp3) is 0.240. The fourth-order valence-electron chi connectivity index (χ4n) is 3.75. The number of hydrogen-bond donors (Lipinski definition) is 2. The van der Waals surface area contributed by atoms with Crippen molar-refractivity contribution in [1.29, 1.82) is 0 Å². The monoisotopic (exact) mass is 432 g/mol. The van der Waals surface area contributed by atoms with Gasteiger partial charge in [-0.1, -0.05) is 60.5 Å². The van der Waals surface area contributed by atoms with Gasteiger partial charge in [-0.05, 0) is 29.2 Å². The lowest BCUT2D eigenvalue weighted by Crippen LogP contribution is -2.36. The molecular formula is C25H24N2O5. The Bertz CT molecular complexity index is 1050. The van der Waals surface area contributed by atoms with Crippen molar-refractivity contribution in [2.75, 3.05) is 26.2 Å². The third kappa shape index (κ3) is 5.16. The van der Waals surface area contributed by atoms with Crippen molar-refractivity contribution in [2.24, 2.45) is 0 Å². The van der Waals surface area contributed by atoms with Gasteiger partial charge >= 0.3 is 12.1 Å². The van der Waals surface area contributed by atoms with Crippen LogP contribution in [-0.2, 0) is 14.3 Å². The van der Waals surface area contributed by atoms with Gasteiger partial charge in [0.1, 0.15) is 13.2 Å². The van der Waals surface area contributed by atoms with E-state index in [1.807, 2.05) is 36.4 Å². The van der Waals surface area contributed by atoms with Crippen molar-refractivity contribution in [3.05, 3.63) is 71.3 Å². The number of carboxylic acids is 1. The van der Waals surface area contributed by atoms with E-state index in [2.05, 4.69) is 23.4 Å². The van der Waals surface area contributed by atoms with E-state index in [9.17, 15) is 14.4 Å². The van der Waals surface area contributed by atoms with Crippen molar-refractivity contribution in [1.82, 2.24) is 10.2 Å². The Morgan fingerprint density at radius 3 is 2.28 bits per heavy atom. The van der Waals surface area contributed by atoms with Gasteiger partial charge in [-0.15, -0.1) is 6.42 Å². The first-order valence-electron chi connectivity index (χ1n) is 10.1. The number of carbonyl (C=O) groups is 3. The number of ether oxygens (including phenoxy) is 1. The maximum Gasteiger partial charge on any atom is 0.407 e. The highest BCUT2D eigenvalue weighted by Crippen LogP contribution is 2.44. The van der Waals surface area contributed by atoms with Crippen LogP contribution in [-0.4, -0.2) is 54.2 Å². The minimum absolute atomic E-state index is 0.0413. The number of nitrogens with zero attached hydrogens (tertiary/aromatic N) is 1.